The summed E-state index contributed by atoms with van der Waals surface area (Å²) in [5.41, 5.74) is 0.454. The molecule has 1 amide bonds. The molecule has 1 fully saturated rings. The first kappa shape index (κ1) is 16.7. The van der Waals surface area contributed by atoms with Gasteiger partial charge in [-0.1, -0.05) is 11.6 Å². The van der Waals surface area contributed by atoms with Crippen LogP contribution in [0.4, 0.5) is 0 Å². The third kappa shape index (κ3) is 5.21. The summed E-state index contributed by atoms with van der Waals surface area (Å²) in [4.78, 5) is 20.3. The van der Waals surface area contributed by atoms with Crippen LogP contribution in [-0.4, -0.2) is 67.1 Å². The molecular formula is C14H22ClN3O2S. The second-order valence-corrected chi connectivity index (χ2v) is 6.95. The molecule has 0 N–H and O–H groups in total. The van der Waals surface area contributed by atoms with E-state index in [2.05, 4.69) is 24.0 Å². The highest BCUT2D eigenvalue weighted by Crippen LogP contribution is 2.19. The highest BCUT2D eigenvalue weighted by atomic mass is 35.5. The highest BCUT2D eigenvalue weighted by Gasteiger charge is 2.25. The molecule has 0 radical (unpaired) electrons. The molecule has 1 aliphatic rings. The first-order valence-corrected chi connectivity index (χ1v) is 8.48. The Balaban J connectivity index is 1.69. The van der Waals surface area contributed by atoms with Crippen LogP contribution in [0.1, 0.15) is 29.8 Å². The molecule has 0 saturated carbocycles. The number of rotatable bonds is 6. The SMILES string of the molecule is CN(C)CCCOC1CCN(C(=O)c2csc(Cl)n2)CC1. The van der Waals surface area contributed by atoms with E-state index in [-0.39, 0.29) is 12.0 Å². The molecule has 0 aromatic carbocycles. The van der Waals surface area contributed by atoms with Gasteiger partial charge in [-0.15, -0.1) is 11.3 Å². The molecule has 0 unspecified atom stereocenters. The fourth-order valence-electron chi connectivity index (χ4n) is 2.37. The van der Waals surface area contributed by atoms with E-state index in [0.29, 0.717) is 10.2 Å². The Hall–Kier alpha value is -0.690. The maximum absolute atomic E-state index is 12.2. The van der Waals surface area contributed by atoms with Gasteiger partial charge in [0.25, 0.3) is 5.91 Å². The monoisotopic (exact) mass is 331 g/mol. The average molecular weight is 332 g/mol. The number of carbonyl (C=O) groups is 1. The molecule has 0 aliphatic carbocycles. The van der Waals surface area contributed by atoms with Crippen molar-refractivity contribution < 1.29 is 9.53 Å². The van der Waals surface area contributed by atoms with Crippen molar-refractivity contribution in [2.45, 2.75) is 25.4 Å². The van der Waals surface area contributed by atoms with E-state index in [9.17, 15) is 4.79 Å². The van der Waals surface area contributed by atoms with Gasteiger partial charge in [0.1, 0.15) is 5.69 Å². The number of piperidine rings is 1. The second kappa shape index (κ2) is 8.08. The normalized spacial score (nSPS) is 16.7. The van der Waals surface area contributed by atoms with Gasteiger partial charge in [-0.3, -0.25) is 4.79 Å². The van der Waals surface area contributed by atoms with Crippen LogP contribution in [0, 0.1) is 0 Å². The van der Waals surface area contributed by atoms with Crippen molar-refractivity contribution in [1.29, 1.82) is 0 Å². The summed E-state index contributed by atoms with van der Waals surface area (Å²) < 4.78 is 6.29. The van der Waals surface area contributed by atoms with Crippen LogP contribution in [0.25, 0.3) is 0 Å². The zero-order valence-electron chi connectivity index (χ0n) is 12.5. The van der Waals surface area contributed by atoms with Gasteiger partial charge in [-0.25, -0.2) is 4.98 Å². The molecule has 7 heteroatoms. The molecular weight excluding hydrogens is 310 g/mol. The summed E-state index contributed by atoms with van der Waals surface area (Å²) >= 11 is 7.06. The summed E-state index contributed by atoms with van der Waals surface area (Å²) in [5.74, 6) is -0.0239. The van der Waals surface area contributed by atoms with Crippen molar-refractivity contribution in [3.05, 3.63) is 15.5 Å². The summed E-state index contributed by atoms with van der Waals surface area (Å²) in [6.07, 6.45) is 3.11. The predicted molar refractivity (Wildman–Crippen MR) is 85.2 cm³/mol. The molecule has 1 aliphatic heterocycles. The maximum Gasteiger partial charge on any atom is 0.273 e. The van der Waals surface area contributed by atoms with Crippen molar-refractivity contribution in [3.8, 4) is 0 Å². The molecule has 0 spiro atoms. The van der Waals surface area contributed by atoms with Gasteiger partial charge >= 0.3 is 0 Å². The molecule has 1 saturated heterocycles. The summed E-state index contributed by atoms with van der Waals surface area (Å²) in [7, 11) is 4.13. The number of halogens is 1. The van der Waals surface area contributed by atoms with E-state index in [0.717, 1.165) is 45.5 Å². The fraction of sp³-hybridized carbons (Fsp3) is 0.714. The van der Waals surface area contributed by atoms with E-state index < -0.39 is 0 Å². The zero-order chi connectivity index (χ0) is 15.2. The zero-order valence-corrected chi connectivity index (χ0v) is 14.1. The Morgan fingerprint density at radius 1 is 1.52 bits per heavy atom. The minimum absolute atomic E-state index is 0.0239. The lowest BCUT2D eigenvalue weighted by Gasteiger charge is -2.31. The topological polar surface area (TPSA) is 45.7 Å². The Morgan fingerprint density at radius 2 is 2.24 bits per heavy atom. The predicted octanol–water partition coefficient (Wildman–Crippen LogP) is 2.37. The van der Waals surface area contributed by atoms with E-state index >= 15 is 0 Å². The minimum atomic E-state index is -0.0239. The summed E-state index contributed by atoms with van der Waals surface area (Å²) in [6.45, 7) is 3.29. The van der Waals surface area contributed by atoms with Crippen molar-refractivity contribution in [3.63, 3.8) is 0 Å². The number of thiazole rings is 1. The quantitative estimate of drug-likeness (QED) is 0.751. The van der Waals surface area contributed by atoms with Crippen molar-refractivity contribution in [2.75, 3.05) is 40.3 Å². The number of ether oxygens (including phenoxy) is 1. The van der Waals surface area contributed by atoms with Crippen LogP contribution in [-0.2, 0) is 4.74 Å². The van der Waals surface area contributed by atoms with E-state index in [4.69, 9.17) is 16.3 Å². The van der Waals surface area contributed by atoms with Crippen LogP contribution < -0.4 is 0 Å². The highest BCUT2D eigenvalue weighted by molar-refractivity contribution is 7.14. The van der Waals surface area contributed by atoms with Crippen LogP contribution in [0.2, 0.25) is 4.47 Å². The number of hydrogen-bond acceptors (Lipinski definition) is 5. The first-order valence-electron chi connectivity index (χ1n) is 7.23. The standard InChI is InChI=1S/C14H22ClN3O2S/c1-17(2)6-3-9-20-11-4-7-18(8-5-11)13(19)12-10-21-14(15)16-12/h10-11H,3-9H2,1-2H3. The second-order valence-electron chi connectivity index (χ2n) is 5.50. The Morgan fingerprint density at radius 3 is 2.81 bits per heavy atom. The van der Waals surface area contributed by atoms with Crippen LogP contribution in [0.15, 0.2) is 5.38 Å². The van der Waals surface area contributed by atoms with Crippen LogP contribution in [0.3, 0.4) is 0 Å². The lowest BCUT2D eigenvalue weighted by molar-refractivity contribution is 0.00621. The van der Waals surface area contributed by atoms with Gasteiger partial charge in [0.2, 0.25) is 0 Å². The number of carbonyl (C=O) groups excluding carboxylic acids is 1. The molecule has 5 nitrogen and oxygen atoms in total. The lowest BCUT2D eigenvalue weighted by atomic mass is 10.1. The Bertz CT molecular complexity index is 459. The molecule has 2 heterocycles. The van der Waals surface area contributed by atoms with Gasteiger partial charge in [0, 0.05) is 25.1 Å². The number of nitrogens with zero attached hydrogens (tertiary/aromatic N) is 3. The number of amides is 1. The van der Waals surface area contributed by atoms with Crippen LogP contribution >= 0.6 is 22.9 Å². The van der Waals surface area contributed by atoms with Gasteiger partial charge in [-0.05, 0) is 39.9 Å². The summed E-state index contributed by atoms with van der Waals surface area (Å²) in [5, 5.41) is 1.72. The van der Waals surface area contributed by atoms with E-state index in [1.807, 2.05) is 4.90 Å². The third-order valence-electron chi connectivity index (χ3n) is 3.53. The largest absolute Gasteiger partial charge is 0.378 e. The smallest absolute Gasteiger partial charge is 0.273 e. The molecule has 21 heavy (non-hydrogen) atoms. The number of hydrogen-bond donors (Lipinski definition) is 0. The van der Waals surface area contributed by atoms with Gasteiger partial charge in [0.15, 0.2) is 4.47 Å². The van der Waals surface area contributed by atoms with Gasteiger partial charge in [0.05, 0.1) is 6.10 Å². The molecule has 2 rings (SSSR count). The molecule has 1 aromatic heterocycles. The minimum Gasteiger partial charge on any atom is -0.378 e. The van der Waals surface area contributed by atoms with Crippen molar-refractivity contribution in [1.82, 2.24) is 14.8 Å². The lowest BCUT2D eigenvalue weighted by Crippen LogP contribution is -2.41. The first-order chi connectivity index (χ1) is 10.1. The van der Waals surface area contributed by atoms with Crippen LogP contribution in [0.5, 0.6) is 0 Å². The fourth-order valence-corrected chi connectivity index (χ4v) is 3.11. The van der Waals surface area contributed by atoms with E-state index in [1.165, 1.54) is 11.3 Å². The third-order valence-corrected chi connectivity index (χ3v) is 4.51. The van der Waals surface area contributed by atoms with Crippen molar-refractivity contribution in [2.24, 2.45) is 0 Å². The number of likely N-dealkylation sites (tertiary alicyclic amines) is 1. The average Bonchev–Trinajstić information content (AvgIpc) is 2.90. The van der Waals surface area contributed by atoms with E-state index in [1.54, 1.807) is 5.38 Å². The maximum atomic E-state index is 12.2. The molecule has 0 bridgehead atoms. The molecule has 118 valence electrons. The molecule has 0 atom stereocenters. The van der Waals surface area contributed by atoms with Gasteiger partial charge < -0.3 is 14.5 Å². The number of aromatic nitrogens is 1. The Kier molecular flexibility index (Phi) is 6.41. The Labute approximate surface area is 134 Å². The van der Waals surface area contributed by atoms with Gasteiger partial charge in [-0.2, -0.15) is 0 Å². The molecule has 1 aromatic rings. The summed E-state index contributed by atoms with van der Waals surface area (Å²) in [6, 6.07) is 0. The van der Waals surface area contributed by atoms with Crippen molar-refractivity contribution >= 4 is 28.8 Å².